The molecule has 106 valence electrons. The Kier molecular flexibility index (Phi) is 4.83. The van der Waals surface area contributed by atoms with E-state index in [2.05, 4.69) is 12.1 Å². The van der Waals surface area contributed by atoms with Gasteiger partial charge in [-0.15, -0.1) is 0 Å². The molecule has 0 fully saturated rings. The van der Waals surface area contributed by atoms with Crippen LogP contribution in [0.1, 0.15) is 23.1 Å². The van der Waals surface area contributed by atoms with Gasteiger partial charge in [0.2, 0.25) is 0 Å². The number of benzene rings is 2. The minimum absolute atomic E-state index is 0.0580. The van der Waals surface area contributed by atoms with E-state index in [1.807, 2.05) is 30.3 Å². The summed E-state index contributed by atoms with van der Waals surface area (Å²) in [5.41, 5.74) is 3.17. The Labute approximate surface area is 117 Å². The maximum atomic E-state index is 12.1. The van der Waals surface area contributed by atoms with Crippen molar-refractivity contribution in [2.45, 2.75) is 31.9 Å². The van der Waals surface area contributed by atoms with Gasteiger partial charge in [0.15, 0.2) is 0 Å². The van der Waals surface area contributed by atoms with Gasteiger partial charge in [-0.3, -0.25) is 0 Å². The molecule has 0 heterocycles. The van der Waals surface area contributed by atoms with Gasteiger partial charge in [-0.2, -0.15) is 13.2 Å². The first kappa shape index (κ1) is 14.6. The van der Waals surface area contributed by atoms with Crippen LogP contribution in [0.3, 0.4) is 0 Å². The standard InChI is InChI=1S/C17H17F3/c18-17(19,20)13-12-16-10-8-15(9-11-16)7-6-14-4-2-1-3-5-14/h1-5,8-11H,6-7,12-13H2. The lowest BCUT2D eigenvalue weighted by Gasteiger charge is -2.07. The van der Waals surface area contributed by atoms with Gasteiger partial charge in [-0.05, 0) is 36.0 Å². The van der Waals surface area contributed by atoms with E-state index in [4.69, 9.17) is 0 Å². The van der Waals surface area contributed by atoms with Crippen LogP contribution in [0.25, 0.3) is 0 Å². The van der Waals surface area contributed by atoms with E-state index in [9.17, 15) is 13.2 Å². The molecule has 0 saturated carbocycles. The number of hydrogen-bond donors (Lipinski definition) is 0. The van der Waals surface area contributed by atoms with Crippen LogP contribution in [-0.4, -0.2) is 6.18 Å². The summed E-state index contributed by atoms with van der Waals surface area (Å²) in [5, 5.41) is 0. The predicted octanol–water partition coefficient (Wildman–Crippen LogP) is 4.97. The van der Waals surface area contributed by atoms with E-state index >= 15 is 0 Å². The summed E-state index contributed by atoms with van der Waals surface area (Å²) in [6.07, 6.45) is -2.92. The number of alkyl halides is 3. The summed E-state index contributed by atoms with van der Waals surface area (Å²) in [6.45, 7) is 0. The van der Waals surface area contributed by atoms with Crippen molar-refractivity contribution < 1.29 is 13.2 Å². The van der Waals surface area contributed by atoms with Crippen molar-refractivity contribution in [1.29, 1.82) is 0 Å². The molecule has 0 aliphatic heterocycles. The molecule has 0 radical (unpaired) electrons. The molecule has 2 aromatic rings. The summed E-state index contributed by atoms with van der Waals surface area (Å²) in [4.78, 5) is 0. The van der Waals surface area contributed by atoms with E-state index in [-0.39, 0.29) is 6.42 Å². The zero-order chi connectivity index (χ0) is 14.4. The Morgan fingerprint density at radius 2 is 1.05 bits per heavy atom. The molecule has 3 heteroatoms. The smallest absolute Gasteiger partial charge is 0.171 e. The Bertz CT molecular complexity index is 512. The average molecular weight is 278 g/mol. The second-order valence-corrected chi connectivity index (χ2v) is 4.92. The van der Waals surface area contributed by atoms with Gasteiger partial charge in [-0.25, -0.2) is 0 Å². The first-order valence-corrected chi connectivity index (χ1v) is 6.71. The molecular weight excluding hydrogens is 261 g/mol. The zero-order valence-electron chi connectivity index (χ0n) is 11.2. The number of hydrogen-bond acceptors (Lipinski definition) is 0. The van der Waals surface area contributed by atoms with E-state index < -0.39 is 12.6 Å². The van der Waals surface area contributed by atoms with Gasteiger partial charge in [0.25, 0.3) is 0 Å². The van der Waals surface area contributed by atoms with Gasteiger partial charge in [0.1, 0.15) is 0 Å². The highest BCUT2D eigenvalue weighted by atomic mass is 19.4. The van der Waals surface area contributed by atoms with Crippen LogP contribution in [0.15, 0.2) is 54.6 Å². The van der Waals surface area contributed by atoms with Crippen molar-refractivity contribution in [2.24, 2.45) is 0 Å². The molecule has 0 aliphatic carbocycles. The van der Waals surface area contributed by atoms with E-state index in [0.717, 1.165) is 24.0 Å². The van der Waals surface area contributed by atoms with Crippen molar-refractivity contribution in [2.75, 3.05) is 0 Å². The summed E-state index contributed by atoms with van der Waals surface area (Å²) >= 11 is 0. The molecule has 0 saturated heterocycles. The molecule has 0 atom stereocenters. The van der Waals surface area contributed by atoms with Gasteiger partial charge in [-0.1, -0.05) is 54.6 Å². The minimum atomic E-state index is -4.08. The van der Waals surface area contributed by atoms with Crippen LogP contribution < -0.4 is 0 Å². The van der Waals surface area contributed by atoms with E-state index in [1.165, 1.54) is 5.56 Å². The quantitative estimate of drug-likeness (QED) is 0.724. The lowest BCUT2D eigenvalue weighted by molar-refractivity contribution is -0.133. The monoisotopic (exact) mass is 278 g/mol. The lowest BCUT2D eigenvalue weighted by Crippen LogP contribution is -2.08. The van der Waals surface area contributed by atoms with Crippen LogP contribution in [0.4, 0.5) is 13.2 Å². The van der Waals surface area contributed by atoms with Crippen LogP contribution >= 0.6 is 0 Å². The first-order chi connectivity index (χ1) is 9.53. The van der Waals surface area contributed by atoms with Crippen LogP contribution in [0.2, 0.25) is 0 Å². The lowest BCUT2D eigenvalue weighted by atomic mass is 10.0. The van der Waals surface area contributed by atoms with Crippen LogP contribution in [0, 0.1) is 0 Å². The minimum Gasteiger partial charge on any atom is -0.171 e. The average Bonchev–Trinajstić information content (AvgIpc) is 2.44. The molecule has 0 aliphatic rings. The molecule has 0 nitrogen and oxygen atoms in total. The molecule has 0 bridgehead atoms. The predicted molar refractivity (Wildman–Crippen MR) is 74.7 cm³/mol. The first-order valence-electron chi connectivity index (χ1n) is 6.71. The third-order valence-electron chi connectivity index (χ3n) is 3.27. The van der Waals surface area contributed by atoms with Crippen molar-refractivity contribution in [3.8, 4) is 0 Å². The number of halogens is 3. The van der Waals surface area contributed by atoms with Crippen LogP contribution in [-0.2, 0) is 19.3 Å². The molecular formula is C17H17F3. The zero-order valence-corrected chi connectivity index (χ0v) is 11.2. The summed E-state index contributed by atoms with van der Waals surface area (Å²) in [6, 6.07) is 17.6. The second kappa shape index (κ2) is 6.60. The summed E-state index contributed by atoms with van der Waals surface area (Å²) in [5.74, 6) is 0. The highest BCUT2D eigenvalue weighted by molar-refractivity contribution is 5.24. The highest BCUT2D eigenvalue weighted by Gasteiger charge is 2.26. The Hall–Kier alpha value is -1.77. The molecule has 2 rings (SSSR count). The fourth-order valence-electron chi connectivity index (χ4n) is 2.09. The van der Waals surface area contributed by atoms with Gasteiger partial charge >= 0.3 is 6.18 Å². The molecule has 0 aromatic heterocycles. The molecule has 0 amide bonds. The van der Waals surface area contributed by atoms with Gasteiger partial charge in [0, 0.05) is 6.42 Å². The molecule has 0 spiro atoms. The molecule has 20 heavy (non-hydrogen) atoms. The van der Waals surface area contributed by atoms with Gasteiger partial charge in [0.05, 0.1) is 0 Å². The normalized spacial score (nSPS) is 11.6. The van der Waals surface area contributed by atoms with Crippen molar-refractivity contribution in [1.82, 2.24) is 0 Å². The fourth-order valence-corrected chi connectivity index (χ4v) is 2.09. The van der Waals surface area contributed by atoms with E-state index in [1.54, 1.807) is 12.1 Å². The van der Waals surface area contributed by atoms with Crippen LogP contribution in [0.5, 0.6) is 0 Å². The Morgan fingerprint density at radius 1 is 0.600 bits per heavy atom. The molecule has 2 aromatic carbocycles. The summed E-state index contributed by atoms with van der Waals surface area (Å²) < 4.78 is 36.4. The fraction of sp³-hybridized carbons (Fsp3) is 0.294. The second-order valence-electron chi connectivity index (χ2n) is 4.92. The van der Waals surface area contributed by atoms with E-state index in [0.29, 0.717) is 0 Å². The SMILES string of the molecule is FC(F)(F)CCc1ccc(CCc2ccccc2)cc1. The van der Waals surface area contributed by atoms with Gasteiger partial charge < -0.3 is 0 Å². The number of aryl methyl sites for hydroxylation is 3. The molecule has 0 N–H and O–H groups in total. The Morgan fingerprint density at radius 3 is 1.55 bits per heavy atom. The van der Waals surface area contributed by atoms with Crippen molar-refractivity contribution in [3.63, 3.8) is 0 Å². The van der Waals surface area contributed by atoms with Crippen molar-refractivity contribution in [3.05, 3.63) is 71.3 Å². The highest BCUT2D eigenvalue weighted by Crippen LogP contribution is 2.22. The number of rotatable bonds is 5. The third-order valence-corrected chi connectivity index (χ3v) is 3.27. The van der Waals surface area contributed by atoms with Crippen molar-refractivity contribution >= 4 is 0 Å². The molecule has 0 unspecified atom stereocenters. The Balaban J connectivity index is 1.85. The maximum absolute atomic E-state index is 12.1. The topological polar surface area (TPSA) is 0 Å². The maximum Gasteiger partial charge on any atom is 0.389 e. The summed E-state index contributed by atoms with van der Waals surface area (Å²) in [7, 11) is 0. The third kappa shape index (κ3) is 5.08. The largest absolute Gasteiger partial charge is 0.389 e.